The van der Waals surface area contributed by atoms with Gasteiger partial charge in [0.25, 0.3) is 0 Å². The van der Waals surface area contributed by atoms with Gasteiger partial charge in [-0.05, 0) is 67.6 Å². The molecule has 4 nitrogen and oxygen atoms in total. The first-order chi connectivity index (χ1) is 13.2. The Morgan fingerprint density at radius 2 is 1.96 bits per heavy atom. The van der Waals surface area contributed by atoms with Crippen molar-refractivity contribution in [1.29, 1.82) is 0 Å². The quantitative estimate of drug-likeness (QED) is 0.863. The molecule has 0 radical (unpaired) electrons. The summed E-state index contributed by atoms with van der Waals surface area (Å²) < 4.78 is 0. The van der Waals surface area contributed by atoms with Crippen molar-refractivity contribution in [2.45, 2.75) is 62.7 Å². The second-order valence-corrected chi connectivity index (χ2v) is 9.20. The zero-order valence-electron chi connectivity index (χ0n) is 16.2. The number of fused-ring (bicyclic) bond motifs is 3. The van der Waals surface area contributed by atoms with Crippen molar-refractivity contribution in [3.63, 3.8) is 0 Å². The maximum Gasteiger partial charge on any atom is 0.135 e. The van der Waals surface area contributed by atoms with Crippen LogP contribution in [0.1, 0.15) is 73.2 Å². The first-order valence-electron chi connectivity index (χ1n) is 10.7. The Balaban J connectivity index is 1.28. The van der Waals surface area contributed by atoms with Crippen LogP contribution in [-0.2, 0) is 11.8 Å². The van der Waals surface area contributed by atoms with E-state index in [0.717, 1.165) is 32.0 Å². The van der Waals surface area contributed by atoms with Crippen LogP contribution in [0.25, 0.3) is 0 Å². The molecule has 4 aliphatic rings. The first kappa shape index (κ1) is 15.9. The highest BCUT2D eigenvalue weighted by atomic mass is 15.2. The minimum Gasteiger partial charge on any atom is -0.384 e. The molecule has 1 saturated carbocycles. The van der Waals surface area contributed by atoms with Crippen LogP contribution in [0.4, 0.5) is 11.5 Å². The number of anilines is 2. The van der Waals surface area contributed by atoms with Crippen LogP contribution < -0.4 is 10.2 Å². The van der Waals surface area contributed by atoms with Crippen molar-refractivity contribution < 1.29 is 0 Å². The first-order valence-corrected chi connectivity index (χ1v) is 10.7. The van der Waals surface area contributed by atoms with Gasteiger partial charge in [0.15, 0.2) is 0 Å². The number of benzene rings is 1. The van der Waals surface area contributed by atoms with E-state index in [4.69, 9.17) is 4.98 Å². The van der Waals surface area contributed by atoms with Crippen LogP contribution in [0.3, 0.4) is 0 Å². The van der Waals surface area contributed by atoms with E-state index < -0.39 is 0 Å². The van der Waals surface area contributed by atoms with E-state index >= 15 is 0 Å². The topological polar surface area (TPSA) is 41.1 Å². The van der Waals surface area contributed by atoms with Crippen molar-refractivity contribution >= 4 is 11.5 Å². The van der Waals surface area contributed by atoms with Crippen LogP contribution in [0.15, 0.2) is 24.5 Å². The molecule has 6 rings (SSSR count). The molecule has 0 amide bonds. The molecule has 1 aromatic carbocycles. The summed E-state index contributed by atoms with van der Waals surface area (Å²) in [6, 6.07) is 7.22. The third-order valence-corrected chi connectivity index (χ3v) is 7.55. The zero-order chi connectivity index (χ0) is 18.0. The number of rotatable bonds is 2. The number of hydrogen-bond acceptors (Lipinski definition) is 4. The summed E-state index contributed by atoms with van der Waals surface area (Å²) in [4.78, 5) is 11.8. The van der Waals surface area contributed by atoms with Gasteiger partial charge < -0.3 is 10.2 Å². The predicted octanol–water partition coefficient (Wildman–Crippen LogP) is 4.37. The Bertz CT molecular complexity index is 893. The summed E-state index contributed by atoms with van der Waals surface area (Å²) in [5.74, 6) is 2.65. The van der Waals surface area contributed by atoms with Gasteiger partial charge in [-0.3, -0.25) is 0 Å². The molecule has 1 saturated heterocycles. The molecule has 1 N–H and O–H groups in total. The second kappa shape index (κ2) is 5.70. The van der Waals surface area contributed by atoms with Gasteiger partial charge in [-0.15, -0.1) is 0 Å². The van der Waals surface area contributed by atoms with Crippen molar-refractivity contribution in [2.75, 3.05) is 29.9 Å². The number of nitrogens with zero attached hydrogens (tertiary/aromatic N) is 3. The molecule has 140 valence electrons. The standard InChI is InChI=1S/C23H28N4/c1-15-2-6-20-21(15)22(26-14-25-20)27-10-8-23(9-11-27)13-24-19-7-5-17(12-18(19)23)16-3-4-16/h5,7,12,14-16,24H,2-4,6,8-11,13H2,1H3. The Morgan fingerprint density at radius 1 is 1.11 bits per heavy atom. The molecule has 27 heavy (non-hydrogen) atoms. The molecule has 0 bridgehead atoms. The summed E-state index contributed by atoms with van der Waals surface area (Å²) in [5, 5.41) is 3.71. The predicted molar refractivity (Wildman–Crippen MR) is 109 cm³/mol. The monoisotopic (exact) mass is 360 g/mol. The molecule has 1 atom stereocenters. The maximum absolute atomic E-state index is 4.73. The Labute approximate surface area is 161 Å². The fourth-order valence-corrected chi connectivity index (χ4v) is 5.65. The van der Waals surface area contributed by atoms with Crippen LogP contribution in [0.2, 0.25) is 0 Å². The lowest BCUT2D eigenvalue weighted by molar-refractivity contribution is 0.360. The van der Waals surface area contributed by atoms with E-state index in [9.17, 15) is 0 Å². The van der Waals surface area contributed by atoms with Crippen molar-refractivity contribution in [3.8, 4) is 0 Å². The lowest BCUT2D eigenvalue weighted by Crippen LogP contribution is -2.44. The van der Waals surface area contributed by atoms with Crippen LogP contribution in [0, 0.1) is 0 Å². The third kappa shape index (κ3) is 2.41. The smallest absolute Gasteiger partial charge is 0.135 e. The molecular formula is C23H28N4. The molecule has 1 aromatic heterocycles. The van der Waals surface area contributed by atoms with E-state index in [1.165, 1.54) is 54.9 Å². The van der Waals surface area contributed by atoms with Gasteiger partial charge in [-0.1, -0.05) is 19.1 Å². The van der Waals surface area contributed by atoms with E-state index in [1.807, 2.05) is 0 Å². The molecule has 4 heteroatoms. The van der Waals surface area contributed by atoms with E-state index in [-0.39, 0.29) is 0 Å². The summed E-state index contributed by atoms with van der Waals surface area (Å²) in [6.07, 6.45) is 9.31. The molecule has 2 aromatic rings. The number of aromatic nitrogens is 2. The van der Waals surface area contributed by atoms with Crippen LogP contribution in [-0.4, -0.2) is 29.6 Å². The average molecular weight is 361 g/mol. The Morgan fingerprint density at radius 3 is 2.78 bits per heavy atom. The number of hydrogen-bond donors (Lipinski definition) is 1. The molecule has 2 aliphatic heterocycles. The van der Waals surface area contributed by atoms with Gasteiger partial charge in [0.1, 0.15) is 12.1 Å². The Hall–Kier alpha value is -2.10. The maximum atomic E-state index is 4.73. The summed E-state index contributed by atoms with van der Waals surface area (Å²) in [7, 11) is 0. The van der Waals surface area contributed by atoms with Gasteiger partial charge in [0.05, 0.1) is 0 Å². The highest BCUT2D eigenvalue weighted by Gasteiger charge is 2.43. The fraction of sp³-hybridized carbons (Fsp3) is 0.565. The molecule has 2 fully saturated rings. The van der Waals surface area contributed by atoms with Crippen LogP contribution >= 0.6 is 0 Å². The minimum absolute atomic E-state index is 0.318. The third-order valence-electron chi connectivity index (χ3n) is 7.55. The van der Waals surface area contributed by atoms with E-state index in [0.29, 0.717) is 11.3 Å². The van der Waals surface area contributed by atoms with Crippen molar-refractivity contribution in [3.05, 3.63) is 46.9 Å². The molecule has 1 spiro atoms. The van der Waals surface area contributed by atoms with E-state index in [2.05, 4.69) is 40.3 Å². The number of piperidine rings is 1. The second-order valence-electron chi connectivity index (χ2n) is 9.20. The molecular weight excluding hydrogens is 332 g/mol. The van der Waals surface area contributed by atoms with Gasteiger partial charge in [-0.25, -0.2) is 9.97 Å². The molecule has 3 heterocycles. The van der Waals surface area contributed by atoms with Gasteiger partial charge in [0.2, 0.25) is 0 Å². The lowest BCUT2D eigenvalue weighted by atomic mass is 9.73. The summed E-state index contributed by atoms with van der Waals surface area (Å²) in [5.41, 5.74) is 7.57. The fourth-order valence-electron chi connectivity index (χ4n) is 5.65. The summed E-state index contributed by atoms with van der Waals surface area (Å²) in [6.45, 7) is 5.64. The van der Waals surface area contributed by atoms with E-state index in [1.54, 1.807) is 17.5 Å². The van der Waals surface area contributed by atoms with Gasteiger partial charge >= 0.3 is 0 Å². The van der Waals surface area contributed by atoms with Crippen molar-refractivity contribution in [1.82, 2.24) is 9.97 Å². The largest absolute Gasteiger partial charge is 0.384 e. The highest BCUT2D eigenvalue weighted by Crippen LogP contribution is 2.48. The Kier molecular flexibility index (Phi) is 3.36. The minimum atomic E-state index is 0.318. The SMILES string of the molecule is CC1CCc2ncnc(N3CCC4(CC3)CNc3ccc(C5CC5)cc34)c21. The normalized spacial score (nSPS) is 25.4. The number of nitrogens with one attached hydrogen (secondary N) is 1. The van der Waals surface area contributed by atoms with Gasteiger partial charge in [-0.2, -0.15) is 0 Å². The molecule has 2 aliphatic carbocycles. The zero-order valence-corrected chi connectivity index (χ0v) is 16.2. The molecule has 1 unspecified atom stereocenters. The lowest BCUT2D eigenvalue weighted by Gasteiger charge is -2.40. The number of aryl methyl sites for hydroxylation is 1. The van der Waals surface area contributed by atoms with Gasteiger partial charge in [0, 0.05) is 42.0 Å². The average Bonchev–Trinajstić information content (AvgIpc) is 3.42. The highest BCUT2D eigenvalue weighted by molar-refractivity contribution is 5.63. The summed E-state index contributed by atoms with van der Waals surface area (Å²) >= 11 is 0. The van der Waals surface area contributed by atoms with Crippen LogP contribution in [0.5, 0.6) is 0 Å². The van der Waals surface area contributed by atoms with Crippen molar-refractivity contribution in [2.24, 2.45) is 0 Å².